The van der Waals surface area contributed by atoms with Gasteiger partial charge in [0.15, 0.2) is 0 Å². The van der Waals surface area contributed by atoms with Gasteiger partial charge in [0.1, 0.15) is 5.69 Å². The summed E-state index contributed by atoms with van der Waals surface area (Å²) >= 11 is 3.46. The molecule has 0 spiro atoms. The van der Waals surface area contributed by atoms with Gasteiger partial charge in [0.05, 0.1) is 6.61 Å². The third kappa shape index (κ3) is 2.88. The number of hydrogen-bond donors (Lipinski definition) is 2. The summed E-state index contributed by atoms with van der Waals surface area (Å²) in [7, 11) is 0. The first kappa shape index (κ1) is 13.8. The molecule has 0 saturated heterocycles. The molecule has 1 aromatic carbocycles. The van der Waals surface area contributed by atoms with E-state index in [0.717, 1.165) is 15.4 Å². The third-order valence-electron chi connectivity index (χ3n) is 2.85. The smallest absolute Gasteiger partial charge is 0.270 e. The molecule has 0 atom stereocenters. The van der Waals surface area contributed by atoms with Crippen molar-refractivity contribution in [3.63, 3.8) is 0 Å². The first-order chi connectivity index (χ1) is 9.17. The molecule has 1 aromatic heterocycles. The van der Waals surface area contributed by atoms with Crippen LogP contribution in [0.25, 0.3) is 10.9 Å². The van der Waals surface area contributed by atoms with E-state index in [2.05, 4.69) is 27.5 Å². The van der Waals surface area contributed by atoms with Crippen molar-refractivity contribution in [3.05, 3.63) is 47.1 Å². The van der Waals surface area contributed by atoms with Gasteiger partial charge in [-0.25, -0.2) is 0 Å². The number of benzene rings is 1. The summed E-state index contributed by atoms with van der Waals surface area (Å²) in [6.45, 7) is 4.26. The lowest BCUT2D eigenvalue weighted by atomic mass is 10.2. The molecular weight excluding hydrogens is 308 g/mol. The molecule has 1 amide bonds. The van der Waals surface area contributed by atoms with E-state index < -0.39 is 0 Å². The van der Waals surface area contributed by atoms with Crippen LogP contribution in [0.5, 0.6) is 0 Å². The summed E-state index contributed by atoms with van der Waals surface area (Å²) in [4.78, 5) is 17.0. The first-order valence-electron chi connectivity index (χ1n) is 5.95. The third-order valence-corrected chi connectivity index (χ3v) is 3.54. The van der Waals surface area contributed by atoms with Gasteiger partial charge in [0.25, 0.3) is 5.91 Å². The molecule has 2 N–H and O–H groups in total. The van der Waals surface area contributed by atoms with Crippen LogP contribution in [0.2, 0.25) is 0 Å². The second-order valence-corrected chi connectivity index (χ2v) is 5.00. The lowest BCUT2D eigenvalue weighted by molar-refractivity contribution is 0.0738. The number of H-pyrrole nitrogens is 1. The average Bonchev–Trinajstić information content (AvgIpc) is 2.83. The SMILES string of the molecule is C=CCN(CCO)C(=O)c1cc2c(Br)cccc2[nH]1. The minimum atomic E-state index is -0.142. The van der Waals surface area contributed by atoms with E-state index in [4.69, 9.17) is 5.11 Å². The highest BCUT2D eigenvalue weighted by Crippen LogP contribution is 2.24. The summed E-state index contributed by atoms with van der Waals surface area (Å²) in [5.74, 6) is -0.142. The molecule has 0 unspecified atom stereocenters. The molecule has 100 valence electrons. The van der Waals surface area contributed by atoms with Gasteiger partial charge in [-0.2, -0.15) is 0 Å². The van der Waals surface area contributed by atoms with Gasteiger partial charge >= 0.3 is 0 Å². The molecule has 0 aliphatic heterocycles. The predicted molar refractivity (Wildman–Crippen MR) is 79.2 cm³/mol. The maximum Gasteiger partial charge on any atom is 0.270 e. The molecule has 5 heteroatoms. The Labute approximate surface area is 119 Å². The van der Waals surface area contributed by atoms with Gasteiger partial charge in [-0.1, -0.05) is 28.1 Å². The molecule has 0 saturated carbocycles. The van der Waals surface area contributed by atoms with E-state index in [0.29, 0.717) is 18.8 Å². The molecule has 0 aliphatic rings. The Balaban J connectivity index is 2.34. The molecule has 19 heavy (non-hydrogen) atoms. The summed E-state index contributed by atoms with van der Waals surface area (Å²) in [5, 5.41) is 9.96. The van der Waals surface area contributed by atoms with Crippen LogP contribution in [0, 0.1) is 0 Å². The highest BCUT2D eigenvalue weighted by atomic mass is 79.9. The predicted octanol–water partition coefficient (Wildman–Crippen LogP) is 2.55. The maximum absolute atomic E-state index is 12.3. The number of halogens is 1. The second kappa shape index (κ2) is 6.04. The van der Waals surface area contributed by atoms with Crippen LogP contribution < -0.4 is 0 Å². The van der Waals surface area contributed by atoms with Crippen molar-refractivity contribution in [2.24, 2.45) is 0 Å². The van der Waals surface area contributed by atoms with E-state index in [1.807, 2.05) is 24.3 Å². The number of fused-ring (bicyclic) bond motifs is 1. The largest absolute Gasteiger partial charge is 0.395 e. The average molecular weight is 323 g/mol. The molecule has 0 bridgehead atoms. The van der Waals surface area contributed by atoms with Gasteiger partial charge in [-0.05, 0) is 18.2 Å². The molecule has 0 aliphatic carbocycles. The van der Waals surface area contributed by atoms with Crippen LogP contribution in [-0.2, 0) is 0 Å². The zero-order valence-corrected chi connectivity index (χ0v) is 12.0. The van der Waals surface area contributed by atoms with Crippen molar-refractivity contribution in [1.82, 2.24) is 9.88 Å². The van der Waals surface area contributed by atoms with Gasteiger partial charge in [0, 0.05) is 28.5 Å². The Morgan fingerprint density at radius 1 is 1.53 bits per heavy atom. The highest BCUT2D eigenvalue weighted by molar-refractivity contribution is 9.10. The van der Waals surface area contributed by atoms with Gasteiger partial charge in [-0.15, -0.1) is 6.58 Å². The lowest BCUT2D eigenvalue weighted by Gasteiger charge is -2.18. The number of aliphatic hydroxyl groups excluding tert-OH is 1. The quantitative estimate of drug-likeness (QED) is 0.831. The number of hydrogen-bond acceptors (Lipinski definition) is 2. The Hall–Kier alpha value is -1.59. The molecule has 0 fully saturated rings. The number of nitrogens with zero attached hydrogens (tertiary/aromatic N) is 1. The van der Waals surface area contributed by atoms with Crippen molar-refractivity contribution in [1.29, 1.82) is 0 Å². The van der Waals surface area contributed by atoms with E-state index in [1.54, 1.807) is 11.0 Å². The van der Waals surface area contributed by atoms with Gasteiger partial charge in [0.2, 0.25) is 0 Å². The number of aromatic nitrogens is 1. The van der Waals surface area contributed by atoms with Gasteiger partial charge in [-0.3, -0.25) is 4.79 Å². The summed E-state index contributed by atoms with van der Waals surface area (Å²) in [5.41, 5.74) is 1.41. The van der Waals surface area contributed by atoms with Crippen LogP contribution in [0.4, 0.5) is 0 Å². The first-order valence-corrected chi connectivity index (χ1v) is 6.75. The zero-order chi connectivity index (χ0) is 13.8. The molecule has 1 heterocycles. The van der Waals surface area contributed by atoms with E-state index in [1.165, 1.54) is 0 Å². The van der Waals surface area contributed by atoms with Crippen molar-refractivity contribution >= 4 is 32.7 Å². The molecule has 2 aromatic rings. The highest BCUT2D eigenvalue weighted by Gasteiger charge is 2.16. The van der Waals surface area contributed by atoms with Crippen LogP contribution >= 0.6 is 15.9 Å². The van der Waals surface area contributed by atoms with E-state index in [9.17, 15) is 4.79 Å². The minimum absolute atomic E-state index is 0.0660. The van der Waals surface area contributed by atoms with E-state index >= 15 is 0 Å². The van der Waals surface area contributed by atoms with Crippen molar-refractivity contribution < 1.29 is 9.90 Å². The molecule has 4 nitrogen and oxygen atoms in total. The van der Waals surface area contributed by atoms with Crippen LogP contribution in [0.15, 0.2) is 41.4 Å². The Kier molecular flexibility index (Phi) is 4.39. The van der Waals surface area contributed by atoms with Crippen LogP contribution in [-0.4, -0.2) is 40.6 Å². The fraction of sp³-hybridized carbons (Fsp3) is 0.214. The fourth-order valence-corrected chi connectivity index (χ4v) is 2.44. The van der Waals surface area contributed by atoms with Crippen molar-refractivity contribution in [2.45, 2.75) is 0 Å². The molecule has 2 rings (SSSR count). The number of amides is 1. The number of rotatable bonds is 5. The van der Waals surface area contributed by atoms with Crippen molar-refractivity contribution in [3.8, 4) is 0 Å². The molecule has 0 radical (unpaired) electrons. The number of nitrogens with one attached hydrogen (secondary N) is 1. The van der Waals surface area contributed by atoms with Gasteiger partial charge < -0.3 is 15.0 Å². The number of carbonyl (C=O) groups excluding carboxylic acids is 1. The summed E-state index contributed by atoms with van der Waals surface area (Å²) in [6, 6.07) is 7.57. The number of carbonyl (C=O) groups is 1. The Morgan fingerprint density at radius 3 is 2.95 bits per heavy atom. The van der Waals surface area contributed by atoms with E-state index in [-0.39, 0.29) is 12.5 Å². The fourth-order valence-electron chi connectivity index (χ4n) is 1.96. The minimum Gasteiger partial charge on any atom is -0.395 e. The maximum atomic E-state index is 12.3. The molecular formula is C14H15BrN2O2. The number of aromatic amines is 1. The lowest BCUT2D eigenvalue weighted by Crippen LogP contribution is -2.33. The van der Waals surface area contributed by atoms with Crippen LogP contribution in [0.1, 0.15) is 10.5 Å². The van der Waals surface area contributed by atoms with Crippen LogP contribution in [0.3, 0.4) is 0 Å². The second-order valence-electron chi connectivity index (χ2n) is 4.15. The zero-order valence-electron chi connectivity index (χ0n) is 10.4. The standard InChI is InChI=1S/C14H15BrN2O2/c1-2-6-17(7-8-18)14(19)13-9-10-11(15)4-3-5-12(10)16-13/h2-5,9,16,18H,1,6-8H2. The summed E-state index contributed by atoms with van der Waals surface area (Å²) in [6.07, 6.45) is 1.64. The topological polar surface area (TPSA) is 56.3 Å². The van der Waals surface area contributed by atoms with Crippen molar-refractivity contribution in [2.75, 3.05) is 19.7 Å². The normalized spacial score (nSPS) is 10.6. The Bertz CT molecular complexity index is 607. The Morgan fingerprint density at radius 2 is 2.32 bits per heavy atom. The number of aliphatic hydroxyl groups is 1. The summed E-state index contributed by atoms with van der Waals surface area (Å²) < 4.78 is 0.942. The monoisotopic (exact) mass is 322 g/mol.